The Balaban J connectivity index is 1.72. The van der Waals surface area contributed by atoms with Crippen LogP contribution in [0.3, 0.4) is 0 Å². The van der Waals surface area contributed by atoms with Gasteiger partial charge in [-0.2, -0.15) is 0 Å². The highest BCUT2D eigenvalue weighted by atomic mass is 16.5. The van der Waals surface area contributed by atoms with E-state index in [0.717, 1.165) is 25.9 Å². The fourth-order valence-electron chi connectivity index (χ4n) is 2.25. The van der Waals surface area contributed by atoms with E-state index < -0.39 is 6.10 Å². The largest absolute Gasteiger partial charge is 0.502 e. The number of piperidine rings is 1. The SMILES string of the molecule is [C-]#[N+]c1ccccc1OC[C@@H](O)CNC1CCNCC1. The summed E-state index contributed by atoms with van der Waals surface area (Å²) in [5.41, 5.74) is 0.478. The zero-order valence-electron chi connectivity index (χ0n) is 11.5. The number of nitrogens with zero attached hydrogens (tertiary/aromatic N) is 1. The molecule has 0 aromatic heterocycles. The van der Waals surface area contributed by atoms with Crippen molar-refractivity contribution in [2.24, 2.45) is 0 Å². The number of ether oxygens (including phenoxy) is 1. The minimum absolute atomic E-state index is 0.199. The molecule has 0 bridgehead atoms. The average molecular weight is 275 g/mol. The molecule has 108 valence electrons. The van der Waals surface area contributed by atoms with Gasteiger partial charge in [0.05, 0.1) is 6.57 Å². The first kappa shape index (κ1) is 14.8. The van der Waals surface area contributed by atoms with Gasteiger partial charge in [0, 0.05) is 12.6 Å². The number of rotatable bonds is 6. The third kappa shape index (κ3) is 4.49. The summed E-state index contributed by atoms with van der Waals surface area (Å²) in [7, 11) is 0. The molecule has 1 atom stereocenters. The molecule has 1 heterocycles. The van der Waals surface area contributed by atoms with Crippen molar-refractivity contribution in [2.75, 3.05) is 26.2 Å². The van der Waals surface area contributed by atoms with Crippen LogP contribution in [0.2, 0.25) is 0 Å². The number of hydrogen-bond acceptors (Lipinski definition) is 4. The topological polar surface area (TPSA) is 57.9 Å². The lowest BCUT2D eigenvalue weighted by Crippen LogP contribution is -2.43. The molecule has 1 saturated heterocycles. The molecule has 0 amide bonds. The molecular formula is C15H21N3O2. The Morgan fingerprint density at radius 3 is 2.90 bits per heavy atom. The number of para-hydroxylation sites is 2. The lowest BCUT2D eigenvalue weighted by molar-refractivity contribution is 0.102. The third-order valence-corrected chi connectivity index (χ3v) is 3.40. The van der Waals surface area contributed by atoms with Crippen LogP contribution in [0.4, 0.5) is 5.69 Å². The zero-order chi connectivity index (χ0) is 14.2. The van der Waals surface area contributed by atoms with Gasteiger partial charge in [-0.1, -0.05) is 18.2 Å². The lowest BCUT2D eigenvalue weighted by Gasteiger charge is -2.25. The summed E-state index contributed by atoms with van der Waals surface area (Å²) in [5.74, 6) is 0.531. The normalized spacial score (nSPS) is 17.4. The van der Waals surface area contributed by atoms with Crippen LogP contribution in [-0.4, -0.2) is 43.5 Å². The molecule has 1 aliphatic heterocycles. The van der Waals surface area contributed by atoms with Crippen LogP contribution in [0.5, 0.6) is 5.75 Å². The predicted molar refractivity (Wildman–Crippen MR) is 78.1 cm³/mol. The maximum Gasteiger partial charge on any atom is 0.228 e. The van der Waals surface area contributed by atoms with Crippen molar-refractivity contribution in [3.05, 3.63) is 35.7 Å². The minimum atomic E-state index is -0.566. The van der Waals surface area contributed by atoms with E-state index in [2.05, 4.69) is 15.5 Å². The van der Waals surface area contributed by atoms with E-state index in [4.69, 9.17) is 11.3 Å². The average Bonchev–Trinajstić information content (AvgIpc) is 2.52. The summed E-state index contributed by atoms with van der Waals surface area (Å²) in [6.07, 6.45) is 1.62. The molecule has 3 N–H and O–H groups in total. The van der Waals surface area contributed by atoms with Crippen molar-refractivity contribution in [3.63, 3.8) is 0 Å². The van der Waals surface area contributed by atoms with Crippen molar-refractivity contribution < 1.29 is 9.84 Å². The summed E-state index contributed by atoms with van der Waals surface area (Å²) in [5, 5.41) is 16.6. The molecule has 0 saturated carbocycles. The van der Waals surface area contributed by atoms with Gasteiger partial charge in [-0.25, -0.2) is 4.85 Å². The highest BCUT2D eigenvalue weighted by Gasteiger charge is 2.14. The van der Waals surface area contributed by atoms with Gasteiger partial charge in [0.1, 0.15) is 18.5 Å². The van der Waals surface area contributed by atoms with Crippen LogP contribution in [0.1, 0.15) is 12.8 Å². The van der Waals surface area contributed by atoms with Crippen molar-refractivity contribution >= 4 is 5.69 Å². The van der Waals surface area contributed by atoms with Gasteiger partial charge < -0.3 is 20.5 Å². The Bertz CT molecular complexity index is 453. The fourth-order valence-corrected chi connectivity index (χ4v) is 2.25. The summed E-state index contributed by atoms with van der Waals surface area (Å²) >= 11 is 0. The second-order valence-electron chi connectivity index (χ2n) is 4.98. The molecule has 0 radical (unpaired) electrons. The van der Waals surface area contributed by atoms with Gasteiger partial charge in [0.15, 0.2) is 0 Å². The van der Waals surface area contributed by atoms with Crippen LogP contribution in [-0.2, 0) is 0 Å². The van der Waals surface area contributed by atoms with E-state index >= 15 is 0 Å². The van der Waals surface area contributed by atoms with Gasteiger partial charge in [-0.15, -0.1) is 0 Å². The number of aliphatic hydroxyl groups excluding tert-OH is 1. The summed E-state index contributed by atoms with van der Waals surface area (Å²) in [6, 6.07) is 7.56. The van der Waals surface area contributed by atoms with Gasteiger partial charge >= 0.3 is 0 Å². The van der Waals surface area contributed by atoms with Crippen LogP contribution in [0.15, 0.2) is 24.3 Å². The van der Waals surface area contributed by atoms with E-state index in [0.29, 0.717) is 24.0 Å². The highest BCUT2D eigenvalue weighted by Crippen LogP contribution is 2.26. The smallest absolute Gasteiger partial charge is 0.228 e. The second-order valence-corrected chi connectivity index (χ2v) is 4.98. The molecule has 5 nitrogen and oxygen atoms in total. The molecule has 1 aliphatic rings. The van der Waals surface area contributed by atoms with Crippen molar-refractivity contribution in [2.45, 2.75) is 25.0 Å². The van der Waals surface area contributed by atoms with Crippen molar-refractivity contribution in [3.8, 4) is 5.75 Å². The highest BCUT2D eigenvalue weighted by molar-refractivity contribution is 5.56. The number of nitrogens with one attached hydrogen (secondary N) is 2. The number of hydrogen-bond donors (Lipinski definition) is 3. The number of aliphatic hydroxyl groups is 1. The van der Waals surface area contributed by atoms with Crippen molar-refractivity contribution in [1.82, 2.24) is 10.6 Å². The van der Waals surface area contributed by atoms with Gasteiger partial charge in [-0.3, -0.25) is 0 Å². The number of benzene rings is 1. The van der Waals surface area contributed by atoms with Crippen LogP contribution in [0.25, 0.3) is 4.85 Å². The fraction of sp³-hybridized carbons (Fsp3) is 0.533. The van der Waals surface area contributed by atoms with Crippen LogP contribution in [0, 0.1) is 6.57 Å². The quantitative estimate of drug-likeness (QED) is 0.685. The molecule has 20 heavy (non-hydrogen) atoms. The maximum absolute atomic E-state index is 9.92. The van der Waals surface area contributed by atoms with Crippen molar-refractivity contribution in [1.29, 1.82) is 0 Å². The maximum atomic E-state index is 9.92. The Morgan fingerprint density at radius 1 is 1.40 bits per heavy atom. The molecular weight excluding hydrogens is 254 g/mol. The first-order valence-corrected chi connectivity index (χ1v) is 7.01. The minimum Gasteiger partial charge on any atom is -0.502 e. The monoisotopic (exact) mass is 275 g/mol. The van der Waals surface area contributed by atoms with E-state index in [-0.39, 0.29) is 6.61 Å². The zero-order valence-corrected chi connectivity index (χ0v) is 11.5. The van der Waals surface area contributed by atoms with Crippen LogP contribution < -0.4 is 15.4 Å². The van der Waals surface area contributed by atoms with Gasteiger partial charge in [0.2, 0.25) is 5.69 Å². The van der Waals surface area contributed by atoms with Gasteiger partial charge in [0.25, 0.3) is 0 Å². The first-order chi connectivity index (χ1) is 9.79. The van der Waals surface area contributed by atoms with E-state index in [1.807, 2.05) is 6.07 Å². The Morgan fingerprint density at radius 2 is 2.15 bits per heavy atom. The van der Waals surface area contributed by atoms with E-state index in [9.17, 15) is 5.11 Å². The van der Waals surface area contributed by atoms with Crippen LogP contribution >= 0.6 is 0 Å². The molecule has 2 rings (SSSR count). The first-order valence-electron chi connectivity index (χ1n) is 7.01. The molecule has 1 aromatic rings. The Hall–Kier alpha value is -1.61. The lowest BCUT2D eigenvalue weighted by atomic mass is 10.1. The molecule has 0 aliphatic carbocycles. The molecule has 1 fully saturated rings. The predicted octanol–water partition coefficient (Wildman–Crippen LogP) is 1.32. The molecule has 0 spiro atoms. The molecule has 1 aromatic carbocycles. The van der Waals surface area contributed by atoms with Gasteiger partial charge in [-0.05, 0) is 32.0 Å². The third-order valence-electron chi connectivity index (χ3n) is 3.40. The summed E-state index contributed by atoms with van der Waals surface area (Å²) in [4.78, 5) is 3.39. The molecule has 5 heteroatoms. The summed E-state index contributed by atoms with van der Waals surface area (Å²) < 4.78 is 5.51. The second kappa shape index (κ2) is 7.85. The molecule has 0 unspecified atom stereocenters. The standard InChI is InChI=1S/C15H21N3O2/c1-16-14-4-2-3-5-15(14)20-11-13(19)10-18-12-6-8-17-9-7-12/h2-5,12-13,17-19H,6-11H2/t13-/m0/s1. The Labute approximate surface area is 119 Å². The van der Waals surface area contributed by atoms with E-state index in [1.54, 1.807) is 18.2 Å². The Kier molecular flexibility index (Phi) is 5.81. The van der Waals surface area contributed by atoms with E-state index in [1.165, 1.54) is 0 Å². The summed E-state index contributed by atoms with van der Waals surface area (Å²) in [6.45, 7) is 9.83.